The van der Waals surface area contributed by atoms with Gasteiger partial charge >= 0.3 is 0 Å². The van der Waals surface area contributed by atoms with Gasteiger partial charge < -0.3 is 19.7 Å². The first-order valence-corrected chi connectivity index (χ1v) is 6.24. The van der Waals surface area contributed by atoms with Gasteiger partial charge in [-0.25, -0.2) is 0 Å². The largest absolute Gasteiger partial charge is 0.507 e. The van der Waals surface area contributed by atoms with E-state index < -0.39 is 0 Å². The summed E-state index contributed by atoms with van der Waals surface area (Å²) in [6.45, 7) is 2.60. The lowest BCUT2D eigenvalue weighted by atomic mass is 10.1. The summed E-state index contributed by atoms with van der Waals surface area (Å²) >= 11 is 0. The molecule has 0 amide bonds. The molecule has 2 aliphatic heterocycles. The van der Waals surface area contributed by atoms with Gasteiger partial charge in [0.25, 0.3) is 0 Å². The third-order valence-electron chi connectivity index (χ3n) is 3.52. The lowest BCUT2D eigenvalue weighted by Crippen LogP contribution is -2.35. The summed E-state index contributed by atoms with van der Waals surface area (Å²) in [5.41, 5.74) is 0.843. The van der Waals surface area contributed by atoms with E-state index in [0.29, 0.717) is 18.0 Å². The fraction of sp³-hybridized carbons (Fsp3) is 0.538. The third kappa shape index (κ3) is 2.23. The number of nitrogens with zero attached hydrogens (tertiary/aromatic N) is 1. The van der Waals surface area contributed by atoms with Crippen LogP contribution < -0.4 is 9.47 Å². The molecule has 0 bridgehead atoms. The highest BCUT2D eigenvalue weighted by atomic mass is 16.7. The van der Waals surface area contributed by atoms with Crippen molar-refractivity contribution in [2.75, 3.05) is 19.9 Å². The maximum absolute atomic E-state index is 9.95. The Hall–Kier alpha value is -1.46. The standard InChI is InChI=1S/C13H17NO4/c15-10-1-3-14(4-2-10)7-9-5-12-13(6-11(9)16)18-8-17-12/h5-6,10,15-16H,1-4,7-8H2. The highest BCUT2D eigenvalue weighted by Crippen LogP contribution is 2.38. The number of piperidine rings is 1. The van der Waals surface area contributed by atoms with Crippen molar-refractivity contribution in [2.45, 2.75) is 25.5 Å². The second-order valence-corrected chi connectivity index (χ2v) is 4.84. The zero-order chi connectivity index (χ0) is 12.5. The lowest BCUT2D eigenvalue weighted by molar-refractivity contribution is 0.0789. The monoisotopic (exact) mass is 251 g/mol. The van der Waals surface area contributed by atoms with E-state index in [9.17, 15) is 10.2 Å². The lowest BCUT2D eigenvalue weighted by Gasteiger charge is -2.29. The Morgan fingerprint density at radius 2 is 1.83 bits per heavy atom. The van der Waals surface area contributed by atoms with Crippen LogP contribution in [0, 0.1) is 0 Å². The molecule has 1 fully saturated rings. The normalized spacial score (nSPS) is 20.3. The van der Waals surface area contributed by atoms with Crippen LogP contribution in [0.4, 0.5) is 0 Å². The van der Waals surface area contributed by atoms with Gasteiger partial charge in [0, 0.05) is 31.3 Å². The third-order valence-corrected chi connectivity index (χ3v) is 3.52. The van der Waals surface area contributed by atoms with Gasteiger partial charge in [0.15, 0.2) is 11.5 Å². The van der Waals surface area contributed by atoms with E-state index in [1.165, 1.54) is 0 Å². The van der Waals surface area contributed by atoms with Crippen molar-refractivity contribution in [2.24, 2.45) is 0 Å². The highest BCUT2D eigenvalue weighted by Gasteiger charge is 2.21. The summed E-state index contributed by atoms with van der Waals surface area (Å²) in [7, 11) is 0. The number of aliphatic hydroxyl groups is 1. The number of aliphatic hydroxyl groups excluding tert-OH is 1. The zero-order valence-electron chi connectivity index (χ0n) is 10.1. The smallest absolute Gasteiger partial charge is 0.231 e. The Morgan fingerprint density at radius 3 is 2.56 bits per heavy atom. The van der Waals surface area contributed by atoms with Crippen LogP contribution in [-0.2, 0) is 6.54 Å². The number of benzene rings is 1. The fourth-order valence-electron chi connectivity index (χ4n) is 2.42. The number of aromatic hydroxyl groups is 1. The minimum atomic E-state index is -0.174. The molecule has 3 rings (SSSR count). The molecule has 1 aromatic rings. The molecule has 5 nitrogen and oxygen atoms in total. The van der Waals surface area contributed by atoms with E-state index in [2.05, 4.69) is 4.90 Å². The fourth-order valence-corrected chi connectivity index (χ4v) is 2.42. The summed E-state index contributed by atoms with van der Waals surface area (Å²) in [5.74, 6) is 1.54. The second kappa shape index (κ2) is 4.66. The molecule has 0 spiro atoms. The molecular formula is C13H17NO4. The number of ether oxygens (including phenoxy) is 2. The Bertz CT molecular complexity index is 441. The minimum Gasteiger partial charge on any atom is -0.507 e. The van der Waals surface area contributed by atoms with E-state index in [1.807, 2.05) is 6.07 Å². The van der Waals surface area contributed by atoms with E-state index in [4.69, 9.17) is 9.47 Å². The number of likely N-dealkylation sites (tertiary alicyclic amines) is 1. The number of phenols is 1. The van der Waals surface area contributed by atoms with Gasteiger partial charge in [-0.2, -0.15) is 0 Å². The van der Waals surface area contributed by atoms with Crippen LogP contribution in [0.25, 0.3) is 0 Å². The molecule has 2 heterocycles. The van der Waals surface area contributed by atoms with Crippen molar-refractivity contribution in [3.8, 4) is 17.2 Å². The zero-order valence-corrected chi connectivity index (χ0v) is 10.1. The average Bonchev–Trinajstić information content (AvgIpc) is 2.79. The summed E-state index contributed by atoms with van der Waals surface area (Å²) in [6.07, 6.45) is 1.42. The molecular weight excluding hydrogens is 234 g/mol. The Morgan fingerprint density at radius 1 is 1.17 bits per heavy atom. The summed E-state index contributed by atoms with van der Waals surface area (Å²) in [6, 6.07) is 3.44. The molecule has 0 aliphatic carbocycles. The van der Waals surface area contributed by atoms with E-state index in [1.54, 1.807) is 6.07 Å². The Kier molecular flexibility index (Phi) is 3.01. The van der Waals surface area contributed by atoms with Crippen molar-refractivity contribution in [1.29, 1.82) is 0 Å². The van der Waals surface area contributed by atoms with Gasteiger partial charge in [-0.05, 0) is 18.9 Å². The summed E-state index contributed by atoms with van der Waals surface area (Å²) < 4.78 is 10.5. The Labute approximate surface area is 106 Å². The van der Waals surface area contributed by atoms with Crippen LogP contribution in [0.3, 0.4) is 0 Å². The van der Waals surface area contributed by atoms with Gasteiger partial charge in [0.2, 0.25) is 6.79 Å². The number of phenolic OH excluding ortho intramolecular Hbond substituents is 1. The van der Waals surface area contributed by atoms with Crippen molar-refractivity contribution < 1.29 is 19.7 Å². The first kappa shape index (κ1) is 11.6. The number of rotatable bonds is 2. The second-order valence-electron chi connectivity index (χ2n) is 4.84. The van der Waals surface area contributed by atoms with Gasteiger partial charge in [-0.15, -0.1) is 0 Å². The van der Waals surface area contributed by atoms with Crippen molar-refractivity contribution in [3.63, 3.8) is 0 Å². The molecule has 1 aromatic carbocycles. The summed E-state index contributed by atoms with van der Waals surface area (Å²) in [4.78, 5) is 2.23. The van der Waals surface area contributed by atoms with Crippen LogP contribution >= 0.6 is 0 Å². The highest BCUT2D eigenvalue weighted by molar-refractivity contribution is 5.51. The molecule has 1 saturated heterocycles. The predicted molar refractivity (Wildman–Crippen MR) is 64.7 cm³/mol. The van der Waals surface area contributed by atoms with Crippen LogP contribution in [0.5, 0.6) is 17.2 Å². The molecule has 0 unspecified atom stereocenters. The summed E-state index contributed by atoms with van der Waals surface area (Å²) in [5, 5.41) is 19.4. The van der Waals surface area contributed by atoms with Crippen molar-refractivity contribution in [3.05, 3.63) is 17.7 Å². The number of hydrogen-bond donors (Lipinski definition) is 2. The maximum atomic E-state index is 9.95. The molecule has 0 saturated carbocycles. The first-order valence-electron chi connectivity index (χ1n) is 6.24. The van der Waals surface area contributed by atoms with Crippen LogP contribution in [-0.4, -0.2) is 41.1 Å². The molecule has 18 heavy (non-hydrogen) atoms. The minimum absolute atomic E-state index is 0.174. The molecule has 0 radical (unpaired) electrons. The van der Waals surface area contributed by atoms with Gasteiger partial charge in [0.1, 0.15) is 5.75 Å². The Balaban J connectivity index is 1.73. The maximum Gasteiger partial charge on any atom is 0.231 e. The van der Waals surface area contributed by atoms with E-state index in [-0.39, 0.29) is 18.6 Å². The molecule has 2 aliphatic rings. The topological polar surface area (TPSA) is 62.2 Å². The molecule has 0 atom stereocenters. The van der Waals surface area contributed by atoms with Gasteiger partial charge in [0.05, 0.1) is 6.10 Å². The first-order chi connectivity index (χ1) is 8.72. The van der Waals surface area contributed by atoms with Gasteiger partial charge in [-0.3, -0.25) is 4.90 Å². The molecule has 0 aromatic heterocycles. The van der Waals surface area contributed by atoms with E-state index >= 15 is 0 Å². The number of fused-ring (bicyclic) bond motifs is 1. The van der Waals surface area contributed by atoms with Crippen LogP contribution in [0.2, 0.25) is 0 Å². The molecule has 2 N–H and O–H groups in total. The molecule has 5 heteroatoms. The quantitative estimate of drug-likeness (QED) is 0.823. The number of hydrogen-bond acceptors (Lipinski definition) is 5. The average molecular weight is 251 g/mol. The van der Waals surface area contributed by atoms with Gasteiger partial charge in [-0.1, -0.05) is 0 Å². The van der Waals surface area contributed by atoms with E-state index in [0.717, 1.165) is 31.5 Å². The van der Waals surface area contributed by atoms with Crippen LogP contribution in [0.15, 0.2) is 12.1 Å². The predicted octanol–water partition coefficient (Wildman–Crippen LogP) is 1.08. The molecule has 98 valence electrons. The van der Waals surface area contributed by atoms with Crippen LogP contribution in [0.1, 0.15) is 18.4 Å². The SMILES string of the molecule is Oc1cc2c(cc1CN1CCC(O)CC1)OCO2. The van der Waals surface area contributed by atoms with Crippen molar-refractivity contribution in [1.82, 2.24) is 4.90 Å². The van der Waals surface area contributed by atoms with Crippen molar-refractivity contribution >= 4 is 0 Å².